The van der Waals surface area contributed by atoms with Crippen LogP contribution in [0.25, 0.3) is 6.08 Å². The highest BCUT2D eigenvalue weighted by atomic mass is 32.2. The Morgan fingerprint density at radius 2 is 1.84 bits per heavy atom. The average molecular weight is 352 g/mol. The van der Waals surface area contributed by atoms with Gasteiger partial charge in [0.15, 0.2) is 5.17 Å². The highest BCUT2D eigenvalue weighted by Crippen LogP contribution is 2.33. The fraction of sp³-hybridized carbons (Fsp3) is 0.200. The van der Waals surface area contributed by atoms with Crippen LogP contribution >= 0.6 is 11.8 Å². The van der Waals surface area contributed by atoms with Crippen molar-refractivity contribution >= 4 is 34.6 Å². The third-order valence-electron chi connectivity index (χ3n) is 3.99. The van der Waals surface area contributed by atoms with Crippen LogP contribution in [-0.4, -0.2) is 30.1 Å². The second-order valence-corrected chi connectivity index (χ2v) is 6.94. The first-order valence-corrected chi connectivity index (χ1v) is 8.77. The van der Waals surface area contributed by atoms with E-state index in [1.165, 1.54) is 17.3 Å². The van der Waals surface area contributed by atoms with Gasteiger partial charge in [0.05, 0.1) is 17.7 Å². The molecule has 0 unspecified atom stereocenters. The number of carbonyl (C=O) groups excluding carboxylic acids is 1. The number of benzene rings is 2. The minimum atomic E-state index is -0.0459. The Bertz CT molecular complexity index is 870. The van der Waals surface area contributed by atoms with Gasteiger partial charge in [0.2, 0.25) is 0 Å². The number of nitrogens with zero attached hydrogens (tertiary/aromatic N) is 2. The van der Waals surface area contributed by atoms with Gasteiger partial charge in [-0.1, -0.05) is 29.8 Å². The lowest BCUT2D eigenvalue weighted by atomic mass is 10.1. The van der Waals surface area contributed by atoms with Gasteiger partial charge >= 0.3 is 0 Å². The number of aryl methyl sites for hydroxylation is 2. The van der Waals surface area contributed by atoms with E-state index in [9.17, 15) is 4.79 Å². The molecule has 5 heteroatoms. The standard InChI is InChI=1S/C20H20N2O2S/c1-13-5-9-16(10-6-13)21-20-22(3)19(23)18(25-20)12-15-8-7-14(2)17(11-15)24-4/h5-12H,1-4H3/b18-12+,21-20?. The quantitative estimate of drug-likeness (QED) is 0.761. The van der Waals surface area contributed by atoms with E-state index in [1.54, 1.807) is 19.1 Å². The van der Waals surface area contributed by atoms with Crippen molar-refractivity contribution in [3.63, 3.8) is 0 Å². The number of hydrogen-bond donors (Lipinski definition) is 0. The summed E-state index contributed by atoms with van der Waals surface area (Å²) in [6.07, 6.45) is 1.88. The normalized spacial score (nSPS) is 17.6. The first kappa shape index (κ1) is 17.3. The van der Waals surface area contributed by atoms with Crippen LogP contribution in [0.1, 0.15) is 16.7 Å². The Balaban J connectivity index is 1.89. The zero-order valence-electron chi connectivity index (χ0n) is 14.7. The topological polar surface area (TPSA) is 41.9 Å². The average Bonchev–Trinajstić information content (AvgIpc) is 2.86. The molecule has 1 saturated heterocycles. The Morgan fingerprint density at radius 3 is 2.52 bits per heavy atom. The molecule has 0 aliphatic carbocycles. The summed E-state index contributed by atoms with van der Waals surface area (Å²) < 4.78 is 5.35. The number of amides is 1. The smallest absolute Gasteiger partial charge is 0.266 e. The number of amidine groups is 1. The number of thioether (sulfide) groups is 1. The fourth-order valence-electron chi connectivity index (χ4n) is 2.46. The van der Waals surface area contributed by atoms with E-state index >= 15 is 0 Å². The van der Waals surface area contributed by atoms with Gasteiger partial charge in [0.25, 0.3) is 5.91 Å². The van der Waals surface area contributed by atoms with Gasteiger partial charge in [0, 0.05) is 7.05 Å². The molecule has 128 valence electrons. The second-order valence-electron chi connectivity index (χ2n) is 5.93. The van der Waals surface area contributed by atoms with E-state index in [2.05, 4.69) is 4.99 Å². The van der Waals surface area contributed by atoms with Gasteiger partial charge in [-0.3, -0.25) is 9.69 Å². The zero-order valence-corrected chi connectivity index (χ0v) is 15.6. The van der Waals surface area contributed by atoms with Crippen LogP contribution in [0.2, 0.25) is 0 Å². The summed E-state index contributed by atoms with van der Waals surface area (Å²) in [6.45, 7) is 4.03. The van der Waals surface area contributed by atoms with Gasteiger partial charge in [-0.25, -0.2) is 4.99 Å². The summed E-state index contributed by atoms with van der Waals surface area (Å²) in [4.78, 5) is 19.3. The molecule has 0 radical (unpaired) electrons. The van der Waals surface area contributed by atoms with E-state index in [-0.39, 0.29) is 5.91 Å². The molecule has 0 atom stereocenters. The van der Waals surface area contributed by atoms with Gasteiger partial charge < -0.3 is 4.74 Å². The number of aliphatic imine (C=N–C) groups is 1. The largest absolute Gasteiger partial charge is 0.496 e. The summed E-state index contributed by atoms with van der Waals surface area (Å²) in [5.41, 5.74) is 4.02. The molecule has 0 aromatic heterocycles. The first-order valence-electron chi connectivity index (χ1n) is 7.95. The van der Waals surface area contributed by atoms with E-state index in [0.717, 1.165) is 22.6 Å². The SMILES string of the molecule is COc1cc(/C=C2/SC(=Nc3ccc(C)cc3)N(C)C2=O)ccc1C. The maximum atomic E-state index is 12.5. The molecule has 0 bridgehead atoms. The van der Waals surface area contributed by atoms with Crippen molar-refractivity contribution in [1.82, 2.24) is 4.90 Å². The minimum absolute atomic E-state index is 0.0459. The summed E-state index contributed by atoms with van der Waals surface area (Å²) in [5, 5.41) is 0.680. The Hall–Kier alpha value is -2.53. The zero-order chi connectivity index (χ0) is 18.0. The molecule has 0 N–H and O–H groups in total. The Kier molecular flexibility index (Phi) is 4.95. The maximum Gasteiger partial charge on any atom is 0.266 e. The molecule has 1 heterocycles. The van der Waals surface area contributed by atoms with Gasteiger partial charge in [0.1, 0.15) is 5.75 Å². The fourth-order valence-corrected chi connectivity index (χ4v) is 3.45. The van der Waals surface area contributed by atoms with Crippen LogP contribution in [0.15, 0.2) is 52.4 Å². The van der Waals surface area contributed by atoms with Gasteiger partial charge in [-0.15, -0.1) is 0 Å². The number of rotatable bonds is 3. The lowest BCUT2D eigenvalue weighted by molar-refractivity contribution is -0.121. The lowest BCUT2D eigenvalue weighted by Crippen LogP contribution is -2.23. The number of ether oxygens (including phenoxy) is 1. The third-order valence-corrected chi connectivity index (χ3v) is 5.05. The molecule has 1 aliphatic rings. The first-order chi connectivity index (χ1) is 12.0. The summed E-state index contributed by atoms with van der Waals surface area (Å²) in [7, 11) is 3.40. The Morgan fingerprint density at radius 1 is 1.12 bits per heavy atom. The van der Waals surface area contributed by atoms with Gasteiger partial charge in [-0.05, 0) is 61.0 Å². The molecule has 1 fully saturated rings. The summed E-state index contributed by atoms with van der Waals surface area (Å²) in [6, 6.07) is 13.8. The molecule has 2 aromatic carbocycles. The van der Waals surface area contributed by atoms with Crippen LogP contribution in [0.5, 0.6) is 5.75 Å². The van der Waals surface area contributed by atoms with E-state index < -0.39 is 0 Å². The number of hydrogen-bond acceptors (Lipinski definition) is 4. The molecule has 2 aromatic rings. The highest BCUT2D eigenvalue weighted by Gasteiger charge is 2.30. The van der Waals surface area contributed by atoms with Crippen molar-refractivity contribution in [1.29, 1.82) is 0 Å². The van der Waals surface area contributed by atoms with Crippen molar-refractivity contribution < 1.29 is 9.53 Å². The predicted octanol–water partition coefficient (Wildman–Crippen LogP) is 4.55. The molecule has 0 spiro atoms. The number of methoxy groups -OCH3 is 1. The van der Waals surface area contributed by atoms with E-state index in [0.29, 0.717) is 10.1 Å². The van der Waals surface area contributed by atoms with Crippen molar-refractivity contribution in [2.24, 2.45) is 4.99 Å². The van der Waals surface area contributed by atoms with Crippen LogP contribution in [0.3, 0.4) is 0 Å². The van der Waals surface area contributed by atoms with Crippen LogP contribution in [0, 0.1) is 13.8 Å². The maximum absolute atomic E-state index is 12.5. The van der Waals surface area contributed by atoms with Gasteiger partial charge in [-0.2, -0.15) is 0 Å². The summed E-state index contributed by atoms with van der Waals surface area (Å²) >= 11 is 1.39. The van der Waals surface area contributed by atoms with E-state index in [1.807, 2.05) is 62.4 Å². The Labute approximate surface area is 152 Å². The third kappa shape index (κ3) is 3.77. The van der Waals surface area contributed by atoms with Crippen LogP contribution in [0.4, 0.5) is 5.69 Å². The molecule has 1 aliphatic heterocycles. The van der Waals surface area contributed by atoms with Crippen molar-refractivity contribution in [2.75, 3.05) is 14.2 Å². The van der Waals surface area contributed by atoms with E-state index in [4.69, 9.17) is 4.74 Å². The molecule has 4 nitrogen and oxygen atoms in total. The van der Waals surface area contributed by atoms with Crippen molar-refractivity contribution in [2.45, 2.75) is 13.8 Å². The molecule has 0 saturated carbocycles. The number of likely N-dealkylation sites (N-methyl/N-ethyl adjacent to an activating group) is 1. The molecular formula is C20H20N2O2S. The minimum Gasteiger partial charge on any atom is -0.496 e. The molecule has 1 amide bonds. The monoisotopic (exact) mass is 352 g/mol. The predicted molar refractivity (Wildman–Crippen MR) is 104 cm³/mol. The van der Waals surface area contributed by atoms with Crippen LogP contribution < -0.4 is 4.74 Å². The molecule has 3 rings (SSSR count). The highest BCUT2D eigenvalue weighted by molar-refractivity contribution is 8.18. The molecule has 25 heavy (non-hydrogen) atoms. The lowest BCUT2D eigenvalue weighted by Gasteiger charge is -2.07. The molecular weight excluding hydrogens is 332 g/mol. The summed E-state index contributed by atoms with van der Waals surface area (Å²) in [5.74, 6) is 0.766. The van der Waals surface area contributed by atoms with Crippen LogP contribution in [-0.2, 0) is 4.79 Å². The van der Waals surface area contributed by atoms with Crippen molar-refractivity contribution in [3.8, 4) is 5.75 Å². The van der Waals surface area contributed by atoms with Crippen molar-refractivity contribution in [3.05, 3.63) is 64.1 Å². The second kappa shape index (κ2) is 7.15. The number of carbonyl (C=O) groups is 1.